The van der Waals surface area contributed by atoms with Crippen molar-refractivity contribution in [3.8, 4) is 11.5 Å². The van der Waals surface area contributed by atoms with Crippen LogP contribution >= 0.6 is 0 Å². The number of hydrazine groups is 1. The molecule has 0 unspecified atom stereocenters. The van der Waals surface area contributed by atoms with E-state index in [0.717, 1.165) is 0 Å². The standard InChI is InChI=1S/C13H12FN3O3/c1-8-7-9(5-6-10(8)14)20-12-4-2-3-11(16-15)13(12)17(18)19/h2-7,16H,15H2,1H3. The van der Waals surface area contributed by atoms with Crippen molar-refractivity contribution in [3.05, 3.63) is 57.9 Å². The largest absolute Gasteiger partial charge is 0.450 e. The number of aryl methyl sites for hydroxylation is 1. The lowest BCUT2D eigenvalue weighted by Crippen LogP contribution is -2.09. The molecule has 2 aromatic carbocycles. The summed E-state index contributed by atoms with van der Waals surface area (Å²) < 4.78 is 18.6. The molecular formula is C13H12FN3O3. The second kappa shape index (κ2) is 5.54. The van der Waals surface area contributed by atoms with Crippen molar-refractivity contribution in [3.63, 3.8) is 0 Å². The third-order valence-electron chi connectivity index (χ3n) is 2.69. The molecule has 0 heterocycles. The summed E-state index contributed by atoms with van der Waals surface area (Å²) in [6.45, 7) is 1.58. The molecule has 0 aliphatic heterocycles. The molecule has 0 amide bonds. The lowest BCUT2D eigenvalue weighted by atomic mass is 10.2. The molecule has 104 valence electrons. The van der Waals surface area contributed by atoms with Crippen molar-refractivity contribution >= 4 is 11.4 Å². The number of para-hydroxylation sites is 1. The first kappa shape index (κ1) is 13.8. The number of nitrogens with one attached hydrogen (secondary N) is 1. The first-order valence-electron chi connectivity index (χ1n) is 5.71. The van der Waals surface area contributed by atoms with Gasteiger partial charge in [0.25, 0.3) is 0 Å². The highest BCUT2D eigenvalue weighted by Crippen LogP contribution is 2.37. The molecule has 7 heteroatoms. The zero-order valence-corrected chi connectivity index (χ0v) is 10.6. The van der Waals surface area contributed by atoms with Gasteiger partial charge in [0.1, 0.15) is 17.3 Å². The molecule has 20 heavy (non-hydrogen) atoms. The van der Waals surface area contributed by atoms with E-state index in [1.165, 1.54) is 30.3 Å². The Kier molecular flexibility index (Phi) is 3.81. The maximum absolute atomic E-state index is 13.2. The smallest absolute Gasteiger partial charge is 0.335 e. The van der Waals surface area contributed by atoms with Crippen LogP contribution in [-0.2, 0) is 0 Å². The Morgan fingerprint density at radius 1 is 1.35 bits per heavy atom. The van der Waals surface area contributed by atoms with Crippen molar-refractivity contribution in [1.29, 1.82) is 0 Å². The van der Waals surface area contributed by atoms with Gasteiger partial charge in [-0.25, -0.2) is 4.39 Å². The van der Waals surface area contributed by atoms with Gasteiger partial charge in [0.2, 0.25) is 5.75 Å². The normalized spacial score (nSPS) is 10.2. The molecule has 0 saturated heterocycles. The summed E-state index contributed by atoms with van der Waals surface area (Å²) in [6, 6.07) is 8.56. The van der Waals surface area contributed by atoms with E-state index in [1.807, 2.05) is 0 Å². The van der Waals surface area contributed by atoms with Gasteiger partial charge in [0, 0.05) is 0 Å². The van der Waals surface area contributed by atoms with Gasteiger partial charge in [-0.1, -0.05) is 6.07 Å². The van der Waals surface area contributed by atoms with Crippen LogP contribution in [0.4, 0.5) is 15.8 Å². The van der Waals surface area contributed by atoms with Crippen LogP contribution in [0.1, 0.15) is 5.56 Å². The Bertz CT molecular complexity index is 661. The number of hydrogen-bond acceptors (Lipinski definition) is 5. The van der Waals surface area contributed by atoms with Gasteiger partial charge in [-0.3, -0.25) is 16.0 Å². The van der Waals surface area contributed by atoms with Crippen molar-refractivity contribution < 1.29 is 14.1 Å². The third kappa shape index (κ3) is 2.67. The summed E-state index contributed by atoms with van der Waals surface area (Å²) in [5.74, 6) is 5.20. The van der Waals surface area contributed by atoms with Crippen LogP contribution in [0.3, 0.4) is 0 Å². The highest BCUT2D eigenvalue weighted by molar-refractivity contribution is 5.68. The summed E-state index contributed by atoms with van der Waals surface area (Å²) in [5, 5.41) is 11.1. The van der Waals surface area contributed by atoms with E-state index in [0.29, 0.717) is 11.3 Å². The fourth-order valence-electron chi connectivity index (χ4n) is 1.72. The van der Waals surface area contributed by atoms with Crippen molar-refractivity contribution in [1.82, 2.24) is 0 Å². The van der Waals surface area contributed by atoms with Crippen LogP contribution in [0.5, 0.6) is 11.5 Å². The molecular weight excluding hydrogens is 265 g/mol. The first-order chi connectivity index (χ1) is 9.52. The van der Waals surface area contributed by atoms with Crippen LogP contribution < -0.4 is 16.0 Å². The highest BCUT2D eigenvalue weighted by atomic mass is 19.1. The SMILES string of the molecule is Cc1cc(Oc2cccc(NN)c2[N+](=O)[O-])ccc1F. The predicted octanol–water partition coefficient (Wildman–Crippen LogP) is 3.12. The van der Waals surface area contributed by atoms with E-state index in [2.05, 4.69) is 5.43 Å². The molecule has 0 saturated carbocycles. The summed E-state index contributed by atoms with van der Waals surface area (Å²) in [5.41, 5.74) is 2.48. The topological polar surface area (TPSA) is 90.4 Å². The summed E-state index contributed by atoms with van der Waals surface area (Å²) in [4.78, 5) is 10.5. The second-order valence-electron chi connectivity index (χ2n) is 4.07. The summed E-state index contributed by atoms with van der Waals surface area (Å²) in [7, 11) is 0. The molecule has 0 bridgehead atoms. The van der Waals surface area contributed by atoms with Gasteiger partial charge >= 0.3 is 5.69 Å². The number of nitrogens with zero attached hydrogens (tertiary/aromatic N) is 1. The molecule has 0 aliphatic carbocycles. The van der Waals surface area contributed by atoms with Crippen LogP contribution in [0, 0.1) is 22.9 Å². The Morgan fingerprint density at radius 3 is 2.70 bits per heavy atom. The molecule has 0 aromatic heterocycles. The predicted molar refractivity (Wildman–Crippen MR) is 72.1 cm³/mol. The van der Waals surface area contributed by atoms with E-state index in [1.54, 1.807) is 13.0 Å². The number of nitrogen functional groups attached to an aromatic ring is 1. The molecule has 0 spiro atoms. The quantitative estimate of drug-likeness (QED) is 0.509. The fourth-order valence-corrected chi connectivity index (χ4v) is 1.72. The van der Waals surface area contributed by atoms with E-state index >= 15 is 0 Å². The minimum atomic E-state index is -0.596. The van der Waals surface area contributed by atoms with E-state index in [-0.39, 0.29) is 22.9 Å². The Balaban J connectivity index is 2.42. The summed E-state index contributed by atoms with van der Waals surface area (Å²) in [6.07, 6.45) is 0. The molecule has 3 N–H and O–H groups in total. The second-order valence-corrected chi connectivity index (χ2v) is 4.07. The third-order valence-corrected chi connectivity index (χ3v) is 2.69. The molecule has 0 aliphatic rings. The molecule has 2 rings (SSSR count). The number of halogens is 1. The minimum Gasteiger partial charge on any atom is -0.450 e. The maximum atomic E-state index is 13.2. The number of rotatable bonds is 4. The number of ether oxygens (including phenoxy) is 1. The number of nitrogens with two attached hydrogens (primary N) is 1. The van der Waals surface area contributed by atoms with Gasteiger partial charge in [-0.2, -0.15) is 0 Å². The zero-order chi connectivity index (χ0) is 14.7. The average Bonchev–Trinajstić information content (AvgIpc) is 2.42. The zero-order valence-electron chi connectivity index (χ0n) is 10.6. The molecule has 2 aromatic rings. The van der Waals surface area contributed by atoms with Crippen molar-refractivity contribution in [2.75, 3.05) is 5.43 Å². The van der Waals surface area contributed by atoms with Gasteiger partial charge in [0.05, 0.1) is 4.92 Å². The van der Waals surface area contributed by atoms with Crippen LogP contribution in [0.2, 0.25) is 0 Å². The monoisotopic (exact) mass is 277 g/mol. The number of nitro groups is 1. The number of benzene rings is 2. The minimum absolute atomic E-state index is 0.0245. The number of nitro benzene ring substituents is 1. The average molecular weight is 277 g/mol. The number of hydrogen-bond donors (Lipinski definition) is 2. The molecule has 0 fully saturated rings. The first-order valence-corrected chi connectivity index (χ1v) is 5.71. The van der Waals surface area contributed by atoms with E-state index < -0.39 is 4.92 Å². The van der Waals surface area contributed by atoms with Crippen LogP contribution in [-0.4, -0.2) is 4.92 Å². The summed E-state index contributed by atoms with van der Waals surface area (Å²) >= 11 is 0. The lowest BCUT2D eigenvalue weighted by Gasteiger charge is -2.09. The van der Waals surface area contributed by atoms with Gasteiger partial charge in [0.15, 0.2) is 0 Å². The Hall–Kier alpha value is -2.67. The number of anilines is 1. The fraction of sp³-hybridized carbons (Fsp3) is 0.0769. The van der Waals surface area contributed by atoms with Gasteiger partial charge < -0.3 is 10.2 Å². The van der Waals surface area contributed by atoms with Gasteiger partial charge in [-0.05, 0) is 42.8 Å². The highest BCUT2D eigenvalue weighted by Gasteiger charge is 2.21. The van der Waals surface area contributed by atoms with E-state index in [4.69, 9.17) is 10.6 Å². The van der Waals surface area contributed by atoms with Crippen molar-refractivity contribution in [2.24, 2.45) is 5.84 Å². The Morgan fingerprint density at radius 2 is 2.10 bits per heavy atom. The molecule has 0 radical (unpaired) electrons. The molecule has 0 atom stereocenters. The van der Waals surface area contributed by atoms with Crippen molar-refractivity contribution in [2.45, 2.75) is 6.92 Å². The van der Waals surface area contributed by atoms with Gasteiger partial charge in [-0.15, -0.1) is 0 Å². The Labute approximate surface area is 114 Å². The van der Waals surface area contributed by atoms with Crippen LogP contribution in [0.15, 0.2) is 36.4 Å². The van der Waals surface area contributed by atoms with Crippen LogP contribution in [0.25, 0.3) is 0 Å². The maximum Gasteiger partial charge on any atom is 0.335 e. The molecule has 6 nitrogen and oxygen atoms in total. The van der Waals surface area contributed by atoms with E-state index in [9.17, 15) is 14.5 Å². The lowest BCUT2D eigenvalue weighted by molar-refractivity contribution is -0.384.